The van der Waals surface area contributed by atoms with Gasteiger partial charge in [0.05, 0.1) is 12.1 Å². The van der Waals surface area contributed by atoms with Crippen LogP contribution in [0.2, 0.25) is 0 Å². The summed E-state index contributed by atoms with van der Waals surface area (Å²) in [7, 11) is 0. The van der Waals surface area contributed by atoms with Crippen LogP contribution in [0.1, 0.15) is 19.3 Å². The third-order valence-corrected chi connectivity index (χ3v) is 4.10. The van der Waals surface area contributed by atoms with E-state index < -0.39 is 0 Å². The summed E-state index contributed by atoms with van der Waals surface area (Å²) in [5.41, 5.74) is 0.542. The molecule has 0 spiro atoms. The van der Waals surface area contributed by atoms with Crippen LogP contribution in [0.15, 0.2) is 29.1 Å². The van der Waals surface area contributed by atoms with Crippen LogP contribution in [-0.4, -0.2) is 44.7 Å². The molecule has 1 N–H and O–H groups in total. The molecule has 0 radical (unpaired) electrons. The lowest BCUT2D eigenvalue weighted by Crippen LogP contribution is -2.40. The maximum atomic E-state index is 12.4. The van der Waals surface area contributed by atoms with Gasteiger partial charge in [0.15, 0.2) is 0 Å². The second-order valence-corrected chi connectivity index (χ2v) is 5.65. The van der Waals surface area contributed by atoms with Crippen molar-refractivity contribution < 1.29 is 5.11 Å². The van der Waals surface area contributed by atoms with Gasteiger partial charge in [-0.2, -0.15) is 4.68 Å². The number of hydrogen-bond acceptors (Lipinski definition) is 5. The molecule has 0 bridgehead atoms. The van der Waals surface area contributed by atoms with Gasteiger partial charge in [0.1, 0.15) is 5.52 Å². The van der Waals surface area contributed by atoms with Crippen LogP contribution in [0.4, 0.5) is 0 Å². The summed E-state index contributed by atoms with van der Waals surface area (Å²) in [4.78, 5) is 14.6. The molecule has 6 heteroatoms. The molecule has 1 aliphatic rings. The Labute approximate surface area is 123 Å². The minimum Gasteiger partial charge on any atom is -0.396 e. The molecule has 2 heterocycles. The number of nitrogens with zero attached hydrogens (tertiary/aromatic N) is 4. The van der Waals surface area contributed by atoms with E-state index in [1.54, 1.807) is 12.1 Å². The van der Waals surface area contributed by atoms with E-state index in [1.807, 2.05) is 12.1 Å². The van der Waals surface area contributed by atoms with Gasteiger partial charge in [-0.3, -0.25) is 9.69 Å². The van der Waals surface area contributed by atoms with E-state index in [4.69, 9.17) is 5.11 Å². The van der Waals surface area contributed by atoms with Crippen LogP contribution >= 0.6 is 0 Å². The first-order valence-electron chi connectivity index (χ1n) is 7.43. The van der Waals surface area contributed by atoms with Crippen LogP contribution in [0.25, 0.3) is 10.9 Å². The van der Waals surface area contributed by atoms with Gasteiger partial charge in [-0.05, 0) is 43.9 Å². The van der Waals surface area contributed by atoms with Gasteiger partial charge >= 0.3 is 0 Å². The first-order chi connectivity index (χ1) is 10.3. The monoisotopic (exact) mass is 288 g/mol. The normalized spacial score (nSPS) is 20.0. The summed E-state index contributed by atoms with van der Waals surface area (Å²) in [6.45, 7) is 2.57. The first-order valence-corrected chi connectivity index (χ1v) is 7.43. The summed E-state index contributed by atoms with van der Waals surface area (Å²) in [5, 5.41) is 17.8. The van der Waals surface area contributed by atoms with Gasteiger partial charge in [-0.1, -0.05) is 17.3 Å². The molecule has 0 aliphatic carbocycles. The van der Waals surface area contributed by atoms with Gasteiger partial charge in [-0.15, -0.1) is 5.10 Å². The number of likely N-dealkylation sites (tertiary alicyclic amines) is 1. The number of rotatable bonds is 4. The van der Waals surface area contributed by atoms with Crippen LogP contribution in [-0.2, 0) is 6.67 Å². The topological polar surface area (TPSA) is 71.2 Å². The van der Waals surface area contributed by atoms with E-state index in [2.05, 4.69) is 15.2 Å². The molecule has 1 fully saturated rings. The first kappa shape index (κ1) is 14.2. The van der Waals surface area contributed by atoms with E-state index in [1.165, 1.54) is 4.68 Å². The molecule has 1 saturated heterocycles. The van der Waals surface area contributed by atoms with Gasteiger partial charge in [0.2, 0.25) is 0 Å². The fourth-order valence-electron chi connectivity index (χ4n) is 3.00. The van der Waals surface area contributed by atoms with Crippen molar-refractivity contribution in [2.75, 3.05) is 19.7 Å². The Balaban J connectivity index is 1.78. The predicted molar refractivity (Wildman–Crippen MR) is 79.8 cm³/mol. The Morgan fingerprint density at radius 2 is 2.19 bits per heavy atom. The molecule has 6 nitrogen and oxygen atoms in total. The average molecular weight is 288 g/mol. The number of piperidine rings is 1. The lowest BCUT2D eigenvalue weighted by molar-refractivity contribution is 0.112. The highest BCUT2D eigenvalue weighted by Crippen LogP contribution is 2.19. The van der Waals surface area contributed by atoms with Crippen LogP contribution in [0, 0.1) is 5.92 Å². The molecule has 2 aromatic rings. The Morgan fingerprint density at radius 3 is 3.05 bits per heavy atom. The molecular formula is C15H20N4O2. The fourth-order valence-corrected chi connectivity index (χ4v) is 3.00. The highest BCUT2D eigenvalue weighted by atomic mass is 16.3. The van der Waals surface area contributed by atoms with Crippen molar-refractivity contribution in [1.82, 2.24) is 19.9 Å². The Hall–Kier alpha value is -1.79. The summed E-state index contributed by atoms with van der Waals surface area (Å²) in [5.74, 6) is 0.507. The average Bonchev–Trinajstić information content (AvgIpc) is 2.51. The van der Waals surface area contributed by atoms with E-state index in [0.717, 1.165) is 32.4 Å². The van der Waals surface area contributed by atoms with Crippen molar-refractivity contribution in [2.45, 2.75) is 25.9 Å². The predicted octanol–water partition coefficient (Wildman–Crippen LogP) is 0.843. The largest absolute Gasteiger partial charge is 0.396 e. The zero-order valence-electron chi connectivity index (χ0n) is 12.0. The molecule has 21 heavy (non-hydrogen) atoms. The van der Waals surface area contributed by atoms with Crippen LogP contribution in [0.5, 0.6) is 0 Å². The molecule has 0 amide bonds. The zero-order valence-corrected chi connectivity index (χ0v) is 12.0. The maximum Gasteiger partial charge on any atom is 0.278 e. The van der Waals surface area contributed by atoms with E-state index >= 15 is 0 Å². The molecule has 1 atom stereocenters. The van der Waals surface area contributed by atoms with Crippen molar-refractivity contribution >= 4 is 10.9 Å². The van der Waals surface area contributed by atoms with Crippen molar-refractivity contribution in [3.63, 3.8) is 0 Å². The van der Waals surface area contributed by atoms with Crippen LogP contribution in [0.3, 0.4) is 0 Å². The quantitative estimate of drug-likeness (QED) is 0.903. The smallest absolute Gasteiger partial charge is 0.278 e. The molecule has 112 valence electrons. The maximum absolute atomic E-state index is 12.4. The summed E-state index contributed by atoms with van der Waals surface area (Å²) in [6.07, 6.45) is 3.07. The van der Waals surface area contributed by atoms with Gasteiger partial charge in [-0.25, -0.2) is 0 Å². The second kappa shape index (κ2) is 6.32. The lowest BCUT2D eigenvalue weighted by Gasteiger charge is -2.32. The number of aliphatic hydroxyl groups excluding tert-OH is 1. The number of benzene rings is 1. The standard InChI is InChI=1S/C15H20N4O2/c20-9-7-12-4-3-8-18(10-12)11-19-15(21)13-5-1-2-6-14(13)16-17-19/h1-2,5-6,12,20H,3-4,7-11H2. The van der Waals surface area contributed by atoms with E-state index in [9.17, 15) is 4.79 Å². The number of aliphatic hydroxyl groups is 1. The third kappa shape index (κ3) is 3.11. The highest BCUT2D eigenvalue weighted by Gasteiger charge is 2.20. The van der Waals surface area contributed by atoms with Crippen molar-refractivity contribution in [3.05, 3.63) is 34.6 Å². The molecular weight excluding hydrogens is 268 g/mol. The molecule has 1 unspecified atom stereocenters. The van der Waals surface area contributed by atoms with Gasteiger partial charge < -0.3 is 5.11 Å². The highest BCUT2D eigenvalue weighted by molar-refractivity contribution is 5.76. The van der Waals surface area contributed by atoms with E-state index in [0.29, 0.717) is 23.5 Å². The van der Waals surface area contributed by atoms with Gasteiger partial charge in [0, 0.05) is 13.2 Å². The lowest BCUT2D eigenvalue weighted by atomic mass is 9.95. The molecule has 1 aromatic carbocycles. The van der Waals surface area contributed by atoms with Crippen molar-refractivity contribution in [2.24, 2.45) is 5.92 Å². The molecule has 0 saturated carbocycles. The fraction of sp³-hybridized carbons (Fsp3) is 0.533. The number of hydrogen-bond donors (Lipinski definition) is 1. The molecule has 1 aromatic heterocycles. The Morgan fingerprint density at radius 1 is 1.33 bits per heavy atom. The van der Waals surface area contributed by atoms with E-state index in [-0.39, 0.29) is 12.2 Å². The van der Waals surface area contributed by atoms with Gasteiger partial charge in [0.25, 0.3) is 5.56 Å². The minimum absolute atomic E-state index is 0.0927. The molecule has 1 aliphatic heterocycles. The Kier molecular flexibility index (Phi) is 4.26. The summed E-state index contributed by atoms with van der Waals surface area (Å²) < 4.78 is 1.43. The SMILES string of the molecule is O=c1c2ccccc2nnn1CN1CCCC(CCO)C1. The van der Waals surface area contributed by atoms with Crippen molar-refractivity contribution in [1.29, 1.82) is 0 Å². The minimum atomic E-state index is -0.0927. The number of aromatic nitrogens is 3. The van der Waals surface area contributed by atoms with Crippen molar-refractivity contribution in [3.8, 4) is 0 Å². The number of fused-ring (bicyclic) bond motifs is 1. The van der Waals surface area contributed by atoms with Crippen LogP contribution < -0.4 is 5.56 Å². The summed E-state index contributed by atoms with van der Waals surface area (Å²) in [6, 6.07) is 7.28. The third-order valence-electron chi connectivity index (χ3n) is 4.10. The molecule has 3 rings (SSSR count). The zero-order chi connectivity index (χ0) is 14.7. The summed E-state index contributed by atoms with van der Waals surface area (Å²) >= 11 is 0. The second-order valence-electron chi connectivity index (χ2n) is 5.65. The Bertz CT molecular complexity index is 668.